The second kappa shape index (κ2) is 12.8. The molecule has 4 unspecified atom stereocenters. The van der Waals surface area contributed by atoms with Gasteiger partial charge in [0.1, 0.15) is 18.0 Å². The summed E-state index contributed by atoms with van der Waals surface area (Å²) in [6, 6.07) is 16.5. The molecule has 0 bridgehead atoms. The molecule has 2 aromatic carbocycles. The van der Waals surface area contributed by atoms with Crippen molar-refractivity contribution < 1.29 is 28.9 Å². The zero-order valence-corrected chi connectivity index (χ0v) is 22.3. The van der Waals surface area contributed by atoms with Crippen LogP contribution in [0.4, 0.5) is 0 Å². The van der Waals surface area contributed by atoms with E-state index in [0.717, 1.165) is 10.5 Å². The predicted molar refractivity (Wildman–Crippen MR) is 145 cm³/mol. The van der Waals surface area contributed by atoms with Gasteiger partial charge in [0, 0.05) is 23.1 Å². The van der Waals surface area contributed by atoms with Crippen LogP contribution in [0, 0.1) is 5.92 Å². The molecule has 1 aliphatic heterocycles. The first-order valence-corrected chi connectivity index (χ1v) is 14.7. The SMILES string of the molecule is O=C(NC(CCc1ccccc1)P(=O)(O)CC(=O)N1CC(C(S)CS)C[C@H]1C(=O)O)c1ccccc1. The van der Waals surface area contributed by atoms with Crippen LogP contribution in [0.5, 0.6) is 0 Å². The van der Waals surface area contributed by atoms with Gasteiger partial charge in [-0.2, -0.15) is 25.3 Å². The third-order valence-electron chi connectivity index (χ3n) is 6.40. The van der Waals surface area contributed by atoms with Crippen LogP contribution in [0.3, 0.4) is 0 Å². The van der Waals surface area contributed by atoms with Crippen molar-refractivity contribution in [2.75, 3.05) is 18.5 Å². The molecule has 0 saturated carbocycles. The number of carboxylic acid groups (broad SMARTS) is 1. The van der Waals surface area contributed by atoms with Crippen molar-refractivity contribution in [3.63, 3.8) is 0 Å². The number of carbonyl (C=O) groups is 3. The molecule has 3 rings (SSSR count). The van der Waals surface area contributed by atoms with Crippen molar-refractivity contribution in [3.05, 3.63) is 71.8 Å². The molecule has 0 radical (unpaired) electrons. The molecular formula is C25H31N2O6PS2. The lowest BCUT2D eigenvalue weighted by Gasteiger charge is -2.27. The monoisotopic (exact) mass is 550 g/mol. The van der Waals surface area contributed by atoms with Crippen LogP contribution in [0.15, 0.2) is 60.7 Å². The van der Waals surface area contributed by atoms with Gasteiger partial charge in [0.05, 0.1) is 0 Å². The van der Waals surface area contributed by atoms with E-state index in [1.165, 1.54) is 0 Å². The van der Waals surface area contributed by atoms with E-state index < -0.39 is 43.1 Å². The normalized spacial score (nSPS) is 20.8. The fourth-order valence-electron chi connectivity index (χ4n) is 4.35. The third-order valence-corrected chi connectivity index (χ3v) is 9.77. The number of carbonyl (C=O) groups excluding carboxylic acids is 2. The van der Waals surface area contributed by atoms with Gasteiger partial charge < -0.3 is 20.2 Å². The van der Waals surface area contributed by atoms with E-state index >= 15 is 0 Å². The number of hydrogen-bond acceptors (Lipinski definition) is 6. The summed E-state index contributed by atoms with van der Waals surface area (Å²) in [5.41, 5.74) is 1.25. The lowest BCUT2D eigenvalue weighted by Crippen LogP contribution is -2.43. The maximum Gasteiger partial charge on any atom is 0.326 e. The van der Waals surface area contributed by atoms with E-state index in [4.69, 9.17) is 0 Å². The zero-order chi connectivity index (χ0) is 26.3. The molecule has 8 nitrogen and oxygen atoms in total. The second-order valence-corrected chi connectivity index (χ2v) is 12.4. The van der Waals surface area contributed by atoms with Crippen LogP contribution in [-0.2, 0) is 20.6 Å². The first-order chi connectivity index (χ1) is 17.1. The van der Waals surface area contributed by atoms with E-state index in [2.05, 4.69) is 30.6 Å². The molecule has 0 aliphatic carbocycles. The van der Waals surface area contributed by atoms with Crippen molar-refractivity contribution in [3.8, 4) is 0 Å². The van der Waals surface area contributed by atoms with Gasteiger partial charge in [0.25, 0.3) is 5.91 Å². The molecule has 0 aromatic heterocycles. The Morgan fingerprint density at radius 2 is 1.69 bits per heavy atom. The quantitative estimate of drug-likeness (QED) is 0.216. The number of rotatable bonds is 11. The maximum atomic E-state index is 13.5. The van der Waals surface area contributed by atoms with Crippen LogP contribution in [0.2, 0.25) is 0 Å². The third kappa shape index (κ3) is 7.38. The second-order valence-electron chi connectivity index (χ2n) is 8.94. The summed E-state index contributed by atoms with van der Waals surface area (Å²) in [4.78, 5) is 50.0. The Bertz CT molecular complexity index is 1100. The predicted octanol–water partition coefficient (Wildman–Crippen LogP) is 3.18. The minimum atomic E-state index is -4.28. The molecule has 36 heavy (non-hydrogen) atoms. The Kier molecular flexibility index (Phi) is 10.1. The molecule has 3 N–H and O–H groups in total. The minimum Gasteiger partial charge on any atom is -0.480 e. The van der Waals surface area contributed by atoms with Crippen molar-refractivity contribution in [1.29, 1.82) is 0 Å². The van der Waals surface area contributed by atoms with Crippen molar-refractivity contribution in [2.45, 2.75) is 36.3 Å². The molecule has 1 fully saturated rings. The molecule has 1 saturated heterocycles. The zero-order valence-electron chi connectivity index (χ0n) is 19.6. The average Bonchev–Trinajstić information content (AvgIpc) is 3.33. The van der Waals surface area contributed by atoms with Gasteiger partial charge in [-0.3, -0.25) is 14.2 Å². The molecule has 2 amide bonds. The topological polar surface area (TPSA) is 124 Å². The average molecular weight is 551 g/mol. The van der Waals surface area contributed by atoms with Crippen LogP contribution in [0.1, 0.15) is 28.8 Å². The lowest BCUT2D eigenvalue weighted by molar-refractivity contribution is -0.147. The highest BCUT2D eigenvalue weighted by molar-refractivity contribution is 7.84. The van der Waals surface area contributed by atoms with Gasteiger partial charge in [0.2, 0.25) is 13.3 Å². The lowest BCUT2D eigenvalue weighted by atomic mass is 10.0. The van der Waals surface area contributed by atoms with E-state index in [1.54, 1.807) is 30.3 Å². The van der Waals surface area contributed by atoms with Crippen LogP contribution >= 0.6 is 32.6 Å². The van der Waals surface area contributed by atoms with E-state index in [9.17, 15) is 28.9 Å². The number of hydrogen-bond donors (Lipinski definition) is 5. The number of benzene rings is 2. The number of nitrogens with zero attached hydrogens (tertiary/aromatic N) is 1. The number of aliphatic carboxylic acids is 1. The molecule has 11 heteroatoms. The standard InChI is InChI=1S/C25H31N2O6PS2/c28-23(27-14-19(21(36)16-35)13-20(27)25(30)31)15-34(32,33)22(12-11-17-7-3-1-4-8-17)26-24(29)18-9-5-2-6-10-18/h1-10,19-22,35-36H,11-16H2,(H,26,29)(H,30,31)(H,32,33)/t19?,20-,21?,22?/m0/s1. The summed E-state index contributed by atoms with van der Waals surface area (Å²) in [6.07, 6.45) is -0.0248. The van der Waals surface area contributed by atoms with Crippen molar-refractivity contribution in [2.24, 2.45) is 5.92 Å². The number of thiol groups is 2. The van der Waals surface area contributed by atoms with Gasteiger partial charge in [-0.1, -0.05) is 48.5 Å². The summed E-state index contributed by atoms with van der Waals surface area (Å²) in [5, 5.41) is 12.1. The minimum absolute atomic E-state index is 0.121. The van der Waals surface area contributed by atoms with Crippen molar-refractivity contribution >= 4 is 50.4 Å². The Labute approximate surface area is 221 Å². The molecule has 2 aromatic rings. The molecule has 0 spiro atoms. The first-order valence-electron chi connectivity index (χ1n) is 11.6. The Morgan fingerprint density at radius 3 is 2.28 bits per heavy atom. The summed E-state index contributed by atoms with van der Waals surface area (Å²) in [6.45, 7) is 0.121. The number of carboxylic acids is 1. The fraction of sp³-hybridized carbons (Fsp3) is 0.400. The largest absolute Gasteiger partial charge is 0.480 e. The van der Waals surface area contributed by atoms with Crippen molar-refractivity contribution in [1.82, 2.24) is 10.2 Å². The number of likely N-dealkylation sites (tertiary alicyclic amines) is 1. The van der Waals surface area contributed by atoms with Crippen LogP contribution < -0.4 is 5.32 Å². The highest BCUT2D eigenvalue weighted by atomic mass is 32.1. The Hall–Kier alpha value is -2.26. The summed E-state index contributed by atoms with van der Waals surface area (Å²) < 4.78 is 13.5. The maximum absolute atomic E-state index is 13.5. The Morgan fingerprint density at radius 1 is 1.08 bits per heavy atom. The Balaban J connectivity index is 1.78. The first kappa shape index (κ1) is 28.3. The number of amides is 2. The van der Waals surface area contributed by atoms with Gasteiger partial charge in [-0.05, 0) is 42.9 Å². The summed E-state index contributed by atoms with van der Waals surface area (Å²) in [7, 11) is -4.28. The number of aryl methyl sites for hydroxylation is 1. The fourth-order valence-corrected chi connectivity index (χ4v) is 6.50. The summed E-state index contributed by atoms with van der Waals surface area (Å²) >= 11 is 8.65. The van der Waals surface area contributed by atoms with E-state index in [-0.39, 0.29) is 30.6 Å². The molecule has 5 atom stereocenters. The molecule has 194 valence electrons. The highest BCUT2D eigenvalue weighted by Gasteiger charge is 2.44. The highest BCUT2D eigenvalue weighted by Crippen LogP contribution is 2.47. The molecule has 1 heterocycles. The van der Waals surface area contributed by atoms with E-state index in [0.29, 0.717) is 17.7 Å². The van der Waals surface area contributed by atoms with Crippen LogP contribution in [0.25, 0.3) is 0 Å². The number of nitrogens with one attached hydrogen (secondary N) is 1. The van der Waals surface area contributed by atoms with Gasteiger partial charge >= 0.3 is 5.97 Å². The van der Waals surface area contributed by atoms with Gasteiger partial charge in [-0.25, -0.2) is 4.79 Å². The molecular weight excluding hydrogens is 519 g/mol. The van der Waals surface area contributed by atoms with Gasteiger partial charge in [0.15, 0.2) is 0 Å². The van der Waals surface area contributed by atoms with Gasteiger partial charge in [-0.15, -0.1) is 0 Å². The summed E-state index contributed by atoms with van der Waals surface area (Å²) in [5.74, 6) is -3.39. The smallest absolute Gasteiger partial charge is 0.326 e. The van der Waals surface area contributed by atoms with E-state index in [1.807, 2.05) is 30.3 Å². The molecule has 1 aliphatic rings. The van der Waals surface area contributed by atoms with Crippen LogP contribution in [-0.4, -0.2) is 68.2 Å².